The number of likely N-dealkylation sites (tertiary alicyclic amines) is 1. The van der Waals surface area contributed by atoms with Gasteiger partial charge in [-0.1, -0.05) is 25.5 Å². The van der Waals surface area contributed by atoms with E-state index in [0.29, 0.717) is 52.2 Å². The van der Waals surface area contributed by atoms with E-state index in [2.05, 4.69) is 6.92 Å². The number of unbranched alkanes of at least 4 members (excludes halogenated alkanes) is 1. The highest BCUT2D eigenvalue weighted by atomic mass is 16.5. The molecule has 3 heterocycles. The smallest absolute Gasteiger partial charge is 0.326 e. The van der Waals surface area contributed by atoms with E-state index in [1.807, 2.05) is 23.1 Å². The SMILES string of the molecule is CCCCN(CCCO)C(=O)CN1CC(c2ccc3c(c2)CCO3)C(C(=O)O)C1CCN1CCC(=O)N(C)C1=O. The molecule has 2 fully saturated rings. The number of aliphatic hydroxyl groups is 1. The third-order valence-corrected chi connectivity index (χ3v) is 8.46. The number of aliphatic hydroxyl groups excluding tert-OH is 1. The fourth-order valence-corrected chi connectivity index (χ4v) is 6.18. The molecule has 3 atom stereocenters. The van der Waals surface area contributed by atoms with Gasteiger partial charge in [0.25, 0.3) is 0 Å². The van der Waals surface area contributed by atoms with Gasteiger partial charge in [-0.3, -0.25) is 24.2 Å². The van der Waals surface area contributed by atoms with Crippen molar-refractivity contribution >= 4 is 23.8 Å². The van der Waals surface area contributed by atoms with Gasteiger partial charge in [0.2, 0.25) is 11.8 Å². The molecular weight excluding hydrogens is 516 g/mol. The molecule has 3 aliphatic heterocycles. The zero-order valence-corrected chi connectivity index (χ0v) is 23.6. The quantitative estimate of drug-likeness (QED) is 0.375. The number of aliphatic carboxylic acids is 1. The number of carboxylic acid groups (broad SMARTS) is 1. The minimum Gasteiger partial charge on any atom is -0.493 e. The van der Waals surface area contributed by atoms with Gasteiger partial charge < -0.3 is 24.7 Å². The van der Waals surface area contributed by atoms with Crippen molar-refractivity contribution in [2.45, 2.75) is 57.4 Å². The van der Waals surface area contributed by atoms with Gasteiger partial charge in [-0.05, 0) is 36.5 Å². The maximum absolute atomic E-state index is 13.5. The highest BCUT2D eigenvalue weighted by Crippen LogP contribution is 2.41. The molecule has 0 aliphatic carbocycles. The number of urea groups is 1. The summed E-state index contributed by atoms with van der Waals surface area (Å²) in [7, 11) is 1.46. The number of hydrogen-bond acceptors (Lipinski definition) is 7. The van der Waals surface area contributed by atoms with Gasteiger partial charge in [0.05, 0.1) is 19.1 Å². The van der Waals surface area contributed by atoms with Gasteiger partial charge in [-0.15, -0.1) is 0 Å². The predicted octanol–water partition coefficient (Wildman–Crippen LogP) is 1.78. The summed E-state index contributed by atoms with van der Waals surface area (Å²) in [6.45, 7) is 4.77. The summed E-state index contributed by atoms with van der Waals surface area (Å²) in [6, 6.07) is 5.01. The predicted molar refractivity (Wildman–Crippen MR) is 147 cm³/mol. The monoisotopic (exact) mass is 558 g/mol. The fraction of sp³-hybridized carbons (Fsp3) is 0.655. The van der Waals surface area contributed by atoms with Crippen LogP contribution in [-0.4, -0.2) is 119 Å². The topological polar surface area (TPSA) is 131 Å². The normalized spacial score (nSPS) is 22.9. The Morgan fingerprint density at radius 2 is 1.93 bits per heavy atom. The first kappa shape index (κ1) is 29.8. The summed E-state index contributed by atoms with van der Waals surface area (Å²) < 4.78 is 5.65. The van der Waals surface area contributed by atoms with E-state index < -0.39 is 17.9 Å². The van der Waals surface area contributed by atoms with Crippen LogP contribution < -0.4 is 4.74 Å². The molecule has 220 valence electrons. The molecule has 1 aromatic carbocycles. The first-order valence-electron chi connectivity index (χ1n) is 14.4. The number of nitrogens with zero attached hydrogens (tertiary/aromatic N) is 4. The molecular formula is C29H42N4O7. The molecule has 0 radical (unpaired) electrons. The van der Waals surface area contributed by atoms with Crippen molar-refractivity contribution in [3.05, 3.63) is 29.3 Å². The van der Waals surface area contributed by atoms with Crippen molar-refractivity contribution in [1.29, 1.82) is 0 Å². The van der Waals surface area contributed by atoms with Crippen LogP contribution in [0.15, 0.2) is 18.2 Å². The van der Waals surface area contributed by atoms with E-state index in [1.165, 1.54) is 7.05 Å². The molecule has 40 heavy (non-hydrogen) atoms. The van der Waals surface area contributed by atoms with Crippen molar-refractivity contribution in [3.8, 4) is 5.75 Å². The van der Waals surface area contributed by atoms with Crippen LogP contribution >= 0.6 is 0 Å². The molecule has 3 unspecified atom stereocenters. The lowest BCUT2D eigenvalue weighted by atomic mass is 9.83. The minimum absolute atomic E-state index is 0.00569. The summed E-state index contributed by atoms with van der Waals surface area (Å²) in [4.78, 5) is 57.4. The van der Waals surface area contributed by atoms with Crippen molar-refractivity contribution in [3.63, 3.8) is 0 Å². The first-order valence-corrected chi connectivity index (χ1v) is 14.4. The Balaban J connectivity index is 1.58. The molecule has 0 spiro atoms. The van der Waals surface area contributed by atoms with E-state index in [9.17, 15) is 29.4 Å². The summed E-state index contributed by atoms with van der Waals surface area (Å²) in [6.07, 6.45) is 3.64. The molecule has 2 saturated heterocycles. The summed E-state index contributed by atoms with van der Waals surface area (Å²) in [5, 5.41) is 19.8. The Morgan fingerprint density at radius 3 is 2.65 bits per heavy atom. The average Bonchev–Trinajstić information content (AvgIpc) is 3.55. The molecule has 2 N–H and O–H groups in total. The summed E-state index contributed by atoms with van der Waals surface area (Å²) in [5.41, 5.74) is 1.98. The molecule has 0 aromatic heterocycles. The Labute approximate surface area is 235 Å². The number of hydrogen-bond donors (Lipinski definition) is 2. The minimum atomic E-state index is -0.929. The van der Waals surface area contributed by atoms with E-state index >= 15 is 0 Å². The van der Waals surface area contributed by atoms with Crippen LogP contribution in [0, 0.1) is 5.92 Å². The van der Waals surface area contributed by atoms with Gasteiger partial charge in [0, 0.05) is 71.2 Å². The van der Waals surface area contributed by atoms with Crippen molar-refractivity contribution < 1.29 is 34.1 Å². The Hall–Kier alpha value is -3.18. The van der Waals surface area contributed by atoms with E-state index in [1.54, 1.807) is 9.80 Å². The number of carboxylic acids is 1. The van der Waals surface area contributed by atoms with E-state index in [0.717, 1.165) is 41.0 Å². The number of fused-ring (bicyclic) bond motifs is 1. The van der Waals surface area contributed by atoms with Gasteiger partial charge in [-0.2, -0.15) is 0 Å². The number of rotatable bonds is 13. The van der Waals surface area contributed by atoms with Crippen LogP contribution in [-0.2, 0) is 20.8 Å². The zero-order valence-electron chi connectivity index (χ0n) is 23.6. The Morgan fingerprint density at radius 1 is 1.15 bits per heavy atom. The molecule has 0 bridgehead atoms. The van der Waals surface area contributed by atoms with E-state index in [4.69, 9.17) is 4.74 Å². The van der Waals surface area contributed by atoms with Crippen LogP contribution in [0.2, 0.25) is 0 Å². The lowest BCUT2D eigenvalue weighted by Crippen LogP contribution is -2.52. The second-order valence-corrected chi connectivity index (χ2v) is 11.0. The largest absolute Gasteiger partial charge is 0.493 e. The number of ether oxygens (including phenoxy) is 1. The highest BCUT2D eigenvalue weighted by molar-refractivity contribution is 5.96. The van der Waals surface area contributed by atoms with Crippen molar-refractivity contribution in [2.75, 3.05) is 59.5 Å². The van der Waals surface area contributed by atoms with E-state index in [-0.39, 0.29) is 43.3 Å². The second-order valence-electron chi connectivity index (χ2n) is 11.0. The van der Waals surface area contributed by atoms with Gasteiger partial charge in [0.1, 0.15) is 5.75 Å². The fourth-order valence-electron chi connectivity index (χ4n) is 6.18. The van der Waals surface area contributed by atoms with Crippen LogP contribution in [0.3, 0.4) is 0 Å². The first-order chi connectivity index (χ1) is 19.2. The standard InChI is InChI=1S/C29H42N4O7/c1-3-4-11-31(12-5-15-34)26(36)19-33-18-22(20-6-7-24-21(17-20)10-16-40-24)27(28(37)38)23(33)8-13-32-14-9-25(35)30(2)29(32)39/h6-7,17,22-23,27,34H,3-5,8-16,18-19H2,1-2H3,(H,37,38). The number of carbonyl (C=O) groups is 4. The summed E-state index contributed by atoms with van der Waals surface area (Å²) >= 11 is 0. The van der Waals surface area contributed by atoms with Gasteiger partial charge in [0.15, 0.2) is 0 Å². The van der Waals surface area contributed by atoms with Crippen molar-refractivity contribution in [2.24, 2.45) is 5.92 Å². The number of amides is 4. The average molecular weight is 559 g/mol. The Bertz CT molecular complexity index is 1090. The number of imide groups is 1. The number of carbonyl (C=O) groups excluding carboxylic acids is 3. The molecule has 0 saturated carbocycles. The van der Waals surface area contributed by atoms with Crippen LogP contribution in [0.25, 0.3) is 0 Å². The molecule has 11 heteroatoms. The maximum Gasteiger partial charge on any atom is 0.326 e. The molecule has 4 rings (SSSR count). The van der Waals surface area contributed by atoms with Gasteiger partial charge >= 0.3 is 12.0 Å². The van der Waals surface area contributed by atoms with Crippen LogP contribution in [0.5, 0.6) is 5.75 Å². The second kappa shape index (κ2) is 13.5. The Kier molecular flexibility index (Phi) is 10.0. The molecule has 11 nitrogen and oxygen atoms in total. The van der Waals surface area contributed by atoms with Crippen molar-refractivity contribution in [1.82, 2.24) is 19.6 Å². The molecule has 4 amide bonds. The number of benzene rings is 1. The lowest BCUT2D eigenvalue weighted by molar-refractivity contribution is -0.144. The summed E-state index contributed by atoms with van der Waals surface area (Å²) in [5.74, 6) is -1.51. The molecule has 1 aromatic rings. The van der Waals surface area contributed by atoms with Crippen LogP contribution in [0.4, 0.5) is 4.79 Å². The molecule has 3 aliphatic rings. The zero-order chi connectivity index (χ0) is 28.8. The van der Waals surface area contributed by atoms with Crippen LogP contribution in [0.1, 0.15) is 56.1 Å². The lowest BCUT2D eigenvalue weighted by Gasteiger charge is -2.34. The maximum atomic E-state index is 13.5. The third kappa shape index (κ3) is 6.58. The highest BCUT2D eigenvalue weighted by Gasteiger charge is 2.47. The third-order valence-electron chi connectivity index (χ3n) is 8.46. The van der Waals surface area contributed by atoms with Gasteiger partial charge in [-0.25, -0.2) is 4.79 Å².